The zero-order chi connectivity index (χ0) is 13.4. The Kier molecular flexibility index (Phi) is 4.36. The topological polar surface area (TPSA) is 25.2 Å². The van der Waals surface area contributed by atoms with Gasteiger partial charge < -0.3 is 9.73 Å². The Bertz CT molecular complexity index is 554. The van der Waals surface area contributed by atoms with E-state index in [4.69, 9.17) is 4.42 Å². The van der Waals surface area contributed by atoms with Crippen LogP contribution in [0.1, 0.15) is 33.6 Å². The van der Waals surface area contributed by atoms with Gasteiger partial charge >= 0.3 is 0 Å². The number of hydrogen-bond acceptors (Lipinski definition) is 3. The highest BCUT2D eigenvalue weighted by molar-refractivity contribution is 9.13. The van der Waals surface area contributed by atoms with Crippen molar-refractivity contribution in [3.8, 4) is 0 Å². The third-order valence-electron chi connectivity index (χ3n) is 3.14. The maximum absolute atomic E-state index is 5.73. The second-order valence-electron chi connectivity index (χ2n) is 4.25. The molecule has 98 valence electrons. The standard InChI is InChI=1S/C13H15Br2NOS/c1-6-7(2)17-8(3)11(6)12(16-4)10-5-9(14)13(15)18-10/h5,12,16H,1-4H3. The van der Waals surface area contributed by atoms with Gasteiger partial charge in [0.15, 0.2) is 0 Å². The summed E-state index contributed by atoms with van der Waals surface area (Å²) in [6.45, 7) is 6.15. The van der Waals surface area contributed by atoms with Crippen LogP contribution in [0.3, 0.4) is 0 Å². The molecule has 0 amide bonds. The van der Waals surface area contributed by atoms with Gasteiger partial charge in [0.25, 0.3) is 0 Å². The molecule has 0 aromatic carbocycles. The molecule has 1 unspecified atom stereocenters. The Morgan fingerprint density at radius 2 is 1.89 bits per heavy atom. The molecule has 0 bridgehead atoms. The molecule has 18 heavy (non-hydrogen) atoms. The number of nitrogens with one attached hydrogen (secondary N) is 1. The van der Waals surface area contributed by atoms with Gasteiger partial charge in [0, 0.05) is 14.9 Å². The van der Waals surface area contributed by atoms with E-state index in [2.05, 4.69) is 50.2 Å². The Balaban J connectivity index is 2.51. The minimum Gasteiger partial charge on any atom is -0.466 e. The largest absolute Gasteiger partial charge is 0.466 e. The van der Waals surface area contributed by atoms with Gasteiger partial charge in [-0.05, 0) is 71.3 Å². The normalized spacial score (nSPS) is 13.0. The van der Waals surface area contributed by atoms with Crippen LogP contribution in [-0.4, -0.2) is 7.05 Å². The summed E-state index contributed by atoms with van der Waals surface area (Å²) in [5.74, 6) is 1.99. The van der Waals surface area contributed by atoms with Crippen molar-refractivity contribution < 1.29 is 4.42 Å². The summed E-state index contributed by atoms with van der Waals surface area (Å²) in [6, 6.07) is 2.33. The molecule has 2 aromatic heterocycles. The van der Waals surface area contributed by atoms with E-state index in [0.717, 1.165) is 19.8 Å². The molecule has 0 aliphatic carbocycles. The summed E-state index contributed by atoms with van der Waals surface area (Å²) in [7, 11) is 1.98. The quantitative estimate of drug-likeness (QED) is 0.785. The summed E-state index contributed by atoms with van der Waals surface area (Å²) >= 11 is 8.82. The van der Waals surface area contributed by atoms with E-state index in [0.29, 0.717) is 0 Å². The second kappa shape index (κ2) is 5.49. The van der Waals surface area contributed by atoms with E-state index >= 15 is 0 Å². The number of halogens is 2. The summed E-state index contributed by atoms with van der Waals surface area (Å²) in [6.07, 6.45) is 0. The highest BCUT2D eigenvalue weighted by Gasteiger charge is 2.23. The molecular formula is C13H15Br2NOS. The van der Waals surface area contributed by atoms with E-state index in [9.17, 15) is 0 Å². The Labute approximate surface area is 128 Å². The zero-order valence-corrected chi connectivity index (χ0v) is 14.7. The third-order valence-corrected chi connectivity index (χ3v) is 6.46. The molecule has 1 atom stereocenters. The average molecular weight is 393 g/mol. The lowest BCUT2D eigenvalue weighted by Crippen LogP contribution is -2.17. The van der Waals surface area contributed by atoms with E-state index in [1.54, 1.807) is 11.3 Å². The van der Waals surface area contributed by atoms with Gasteiger partial charge in [0.2, 0.25) is 0 Å². The lowest BCUT2D eigenvalue weighted by Gasteiger charge is -2.15. The number of hydrogen-bond donors (Lipinski definition) is 1. The highest BCUT2D eigenvalue weighted by Crippen LogP contribution is 2.39. The Hall–Kier alpha value is -0.100. The van der Waals surface area contributed by atoms with Crippen LogP contribution in [0.15, 0.2) is 18.7 Å². The van der Waals surface area contributed by atoms with E-state index in [1.807, 2.05) is 20.9 Å². The van der Waals surface area contributed by atoms with Gasteiger partial charge in [-0.25, -0.2) is 0 Å². The van der Waals surface area contributed by atoms with Crippen LogP contribution in [0.25, 0.3) is 0 Å². The number of thiophene rings is 1. The predicted molar refractivity (Wildman–Crippen MR) is 83.5 cm³/mol. The molecule has 2 heterocycles. The smallest absolute Gasteiger partial charge is 0.106 e. The minimum absolute atomic E-state index is 0.176. The van der Waals surface area contributed by atoms with Crippen LogP contribution in [0.5, 0.6) is 0 Å². The first-order valence-electron chi connectivity index (χ1n) is 5.64. The van der Waals surface area contributed by atoms with Gasteiger partial charge in [-0.2, -0.15) is 0 Å². The molecule has 0 saturated heterocycles. The zero-order valence-electron chi connectivity index (χ0n) is 10.7. The van der Waals surface area contributed by atoms with Crippen LogP contribution in [-0.2, 0) is 0 Å². The number of rotatable bonds is 3. The van der Waals surface area contributed by atoms with Crippen molar-refractivity contribution in [3.63, 3.8) is 0 Å². The van der Waals surface area contributed by atoms with Crippen molar-refractivity contribution in [3.05, 3.63) is 41.9 Å². The summed E-state index contributed by atoms with van der Waals surface area (Å²) in [4.78, 5) is 1.27. The molecule has 2 rings (SSSR count). The minimum atomic E-state index is 0.176. The van der Waals surface area contributed by atoms with Crippen LogP contribution in [0, 0.1) is 20.8 Å². The lowest BCUT2D eigenvalue weighted by atomic mass is 10.0. The molecule has 2 nitrogen and oxygen atoms in total. The molecule has 5 heteroatoms. The Morgan fingerprint density at radius 3 is 2.28 bits per heavy atom. The molecule has 2 aromatic rings. The van der Waals surface area contributed by atoms with Gasteiger partial charge in [-0.3, -0.25) is 0 Å². The van der Waals surface area contributed by atoms with Crippen molar-refractivity contribution >= 4 is 43.2 Å². The van der Waals surface area contributed by atoms with Gasteiger partial charge in [0.1, 0.15) is 11.5 Å². The number of furan rings is 1. The van der Waals surface area contributed by atoms with Crippen molar-refractivity contribution in [2.24, 2.45) is 0 Å². The van der Waals surface area contributed by atoms with Crippen molar-refractivity contribution in [2.75, 3.05) is 7.05 Å². The Morgan fingerprint density at radius 1 is 1.22 bits per heavy atom. The summed E-state index contributed by atoms with van der Waals surface area (Å²) in [5.41, 5.74) is 2.48. The van der Waals surface area contributed by atoms with Crippen LogP contribution in [0.4, 0.5) is 0 Å². The first-order chi connectivity index (χ1) is 8.45. The fourth-order valence-electron chi connectivity index (χ4n) is 2.17. The molecule has 0 spiro atoms. The third kappa shape index (κ3) is 2.46. The summed E-state index contributed by atoms with van der Waals surface area (Å²) in [5, 5.41) is 3.38. The maximum Gasteiger partial charge on any atom is 0.106 e. The van der Waals surface area contributed by atoms with E-state index in [1.165, 1.54) is 16.0 Å². The van der Waals surface area contributed by atoms with Gasteiger partial charge in [-0.15, -0.1) is 11.3 Å². The molecule has 1 N–H and O–H groups in total. The average Bonchev–Trinajstić information content (AvgIpc) is 2.75. The fourth-order valence-corrected chi connectivity index (χ4v) is 4.38. The summed E-state index contributed by atoms with van der Waals surface area (Å²) < 4.78 is 7.94. The van der Waals surface area contributed by atoms with Gasteiger partial charge in [0.05, 0.1) is 9.83 Å². The molecular weight excluding hydrogens is 378 g/mol. The van der Waals surface area contributed by atoms with Crippen LogP contribution in [0.2, 0.25) is 0 Å². The predicted octanol–water partition coefficient (Wildman–Crippen LogP) is 5.10. The maximum atomic E-state index is 5.73. The second-order valence-corrected chi connectivity index (χ2v) is 7.50. The fraction of sp³-hybridized carbons (Fsp3) is 0.385. The van der Waals surface area contributed by atoms with Crippen molar-refractivity contribution in [1.82, 2.24) is 5.32 Å². The van der Waals surface area contributed by atoms with Crippen molar-refractivity contribution in [1.29, 1.82) is 0 Å². The first-order valence-corrected chi connectivity index (χ1v) is 8.04. The molecule has 0 aliphatic heterocycles. The van der Waals surface area contributed by atoms with Gasteiger partial charge in [-0.1, -0.05) is 0 Å². The highest BCUT2D eigenvalue weighted by atomic mass is 79.9. The number of aryl methyl sites for hydroxylation is 2. The molecule has 0 aliphatic rings. The molecule has 0 fully saturated rings. The molecule has 0 saturated carbocycles. The van der Waals surface area contributed by atoms with E-state index < -0.39 is 0 Å². The SMILES string of the molecule is CNC(c1cc(Br)c(Br)s1)c1c(C)oc(C)c1C. The van der Waals surface area contributed by atoms with Crippen LogP contribution >= 0.6 is 43.2 Å². The molecule has 0 radical (unpaired) electrons. The van der Waals surface area contributed by atoms with E-state index in [-0.39, 0.29) is 6.04 Å². The first kappa shape index (κ1) is 14.3. The lowest BCUT2D eigenvalue weighted by molar-refractivity contribution is 0.496. The monoisotopic (exact) mass is 391 g/mol. The van der Waals surface area contributed by atoms with Crippen LogP contribution < -0.4 is 5.32 Å². The van der Waals surface area contributed by atoms with Crippen molar-refractivity contribution in [2.45, 2.75) is 26.8 Å².